The van der Waals surface area contributed by atoms with E-state index in [0.717, 1.165) is 23.1 Å². The van der Waals surface area contributed by atoms with E-state index in [-0.39, 0.29) is 12.3 Å². The van der Waals surface area contributed by atoms with Crippen LogP contribution in [0.5, 0.6) is 0 Å². The van der Waals surface area contributed by atoms with Gasteiger partial charge in [-0.3, -0.25) is 0 Å². The monoisotopic (exact) mass is 538 g/mol. The Hall–Kier alpha value is -3.06. The summed E-state index contributed by atoms with van der Waals surface area (Å²) in [4.78, 5) is 28.0. The number of hydrogen-bond donors (Lipinski definition) is 2. The second kappa shape index (κ2) is 11.5. The van der Waals surface area contributed by atoms with Gasteiger partial charge in [0.1, 0.15) is 0 Å². The molecular formula is C28H28ClN2O5P. The molecule has 0 bridgehead atoms. The van der Waals surface area contributed by atoms with Crippen molar-refractivity contribution in [3.05, 3.63) is 95.2 Å². The van der Waals surface area contributed by atoms with Crippen molar-refractivity contribution in [3.8, 4) is 22.7 Å². The average Bonchev–Trinajstić information content (AvgIpc) is 3.34. The quantitative estimate of drug-likeness (QED) is 0.244. The topological polar surface area (TPSA) is 93.8 Å². The SMILES string of the molecule is O=C(CCc1oc(-c2ccccc2)nc1-c1ccc(Cl)cc1)Nc1ccc(C[PH]2(O)OCCCO2)cc1. The molecule has 1 aliphatic rings. The van der Waals surface area contributed by atoms with E-state index in [9.17, 15) is 9.69 Å². The predicted octanol–water partition coefficient (Wildman–Crippen LogP) is 6.66. The number of carbonyl (C=O) groups is 1. The Kier molecular flexibility index (Phi) is 7.99. The molecule has 9 heteroatoms. The Balaban J connectivity index is 1.25. The molecule has 4 aromatic rings. The van der Waals surface area contributed by atoms with Crippen LogP contribution in [-0.4, -0.2) is 29.0 Å². The average molecular weight is 539 g/mol. The zero-order chi connectivity index (χ0) is 25.7. The first kappa shape index (κ1) is 25.6. The van der Waals surface area contributed by atoms with Crippen molar-refractivity contribution in [2.75, 3.05) is 18.5 Å². The third-order valence-electron chi connectivity index (χ3n) is 6.02. The molecule has 0 saturated carbocycles. The van der Waals surface area contributed by atoms with E-state index in [1.165, 1.54) is 0 Å². The Morgan fingerprint density at radius 3 is 2.35 bits per heavy atom. The second-order valence-corrected chi connectivity index (χ2v) is 11.6. The van der Waals surface area contributed by atoms with E-state index in [1.54, 1.807) is 0 Å². The molecule has 1 fully saturated rings. The van der Waals surface area contributed by atoms with Crippen LogP contribution in [0.4, 0.5) is 5.69 Å². The molecule has 0 atom stereocenters. The van der Waals surface area contributed by atoms with E-state index >= 15 is 0 Å². The van der Waals surface area contributed by atoms with Gasteiger partial charge in [-0.1, -0.05) is 41.9 Å². The fraction of sp³-hybridized carbons (Fsp3) is 0.214. The molecule has 1 saturated heterocycles. The predicted molar refractivity (Wildman–Crippen MR) is 147 cm³/mol. The first-order chi connectivity index (χ1) is 18.0. The van der Waals surface area contributed by atoms with E-state index in [2.05, 4.69) is 5.32 Å². The van der Waals surface area contributed by atoms with E-state index in [4.69, 9.17) is 30.0 Å². The van der Waals surface area contributed by atoms with Crippen molar-refractivity contribution in [2.45, 2.75) is 25.4 Å². The fourth-order valence-electron chi connectivity index (χ4n) is 4.14. The molecule has 0 radical (unpaired) electrons. The van der Waals surface area contributed by atoms with Crippen LogP contribution < -0.4 is 5.32 Å². The third kappa shape index (κ3) is 6.63. The summed E-state index contributed by atoms with van der Waals surface area (Å²) in [6.45, 7) is 1.04. The van der Waals surface area contributed by atoms with Gasteiger partial charge in [-0.15, -0.1) is 0 Å². The fourth-order valence-corrected chi connectivity index (χ4v) is 6.23. The van der Waals surface area contributed by atoms with Gasteiger partial charge in [0.15, 0.2) is 0 Å². The number of aryl methyl sites for hydroxylation is 1. The molecule has 192 valence electrons. The molecule has 2 heterocycles. The summed E-state index contributed by atoms with van der Waals surface area (Å²) in [6.07, 6.45) is 1.75. The number of oxazole rings is 1. The number of amides is 1. The van der Waals surface area contributed by atoms with Crippen molar-refractivity contribution in [2.24, 2.45) is 0 Å². The third-order valence-corrected chi connectivity index (χ3v) is 8.44. The molecule has 2 N–H and O–H groups in total. The summed E-state index contributed by atoms with van der Waals surface area (Å²) in [5, 5.41) is 3.56. The molecule has 7 nitrogen and oxygen atoms in total. The van der Waals surface area contributed by atoms with Crippen LogP contribution in [0.1, 0.15) is 24.2 Å². The maximum atomic E-state index is 12.7. The summed E-state index contributed by atoms with van der Waals surface area (Å²) in [5.74, 6) is 1.00. The van der Waals surface area contributed by atoms with E-state index < -0.39 is 7.94 Å². The Labute approximate surface area is 221 Å². The van der Waals surface area contributed by atoms with E-state index in [1.807, 2.05) is 78.9 Å². The normalized spacial score (nSPS) is 15.7. The number of anilines is 1. The van der Waals surface area contributed by atoms with Crippen LogP contribution in [0.2, 0.25) is 5.02 Å². The van der Waals surface area contributed by atoms with Gasteiger partial charge in [-0.25, -0.2) is 0 Å². The Morgan fingerprint density at radius 1 is 0.946 bits per heavy atom. The number of nitrogens with one attached hydrogen (secondary N) is 1. The molecule has 1 aromatic heterocycles. The number of aromatic nitrogens is 1. The minimum atomic E-state index is -3.15. The Bertz CT molecular complexity index is 1340. The number of hydrogen-bond acceptors (Lipinski definition) is 6. The molecule has 3 aromatic carbocycles. The summed E-state index contributed by atoms with van der Waals surface area (Å²) in [6, 6.07) is 24.4. The first-order valence-corrected chi connectivity index (χ1v) is 14.5. The van der Waals surface area contributed by atoms with E-state index in [0.29, 0.717) is 53.9 Å². The zero-order valence-electron chi connectivity index (χ0n) is 20.2. The zero-order valence-corrected chi connectivity index (χ0v) is 21.9. The number of carbonyl (C=O) groups excluding carboxylic acids is 1. The van der Waals surface area contributed by atoms with Crippen LogP contribution in [0, 0.1) is 0 Å². The maximum absolute atomic E-state index is 12.7. The van der Waals surface area contributed by atoms with Gasteiger partial charge < -0.3 is 0 Å². The standard InChI is InChI=1S/C28H28ClN2O5P/c29-23-11-9-21(10-12-23)27-25(36-28(31-27)22-5-2-1-3-6-22)15-16-26(32)30-24-13-7-20(8-14-24)19-37(33)34-17-4-18-35-37/h1-3,5-14,33,37H,4,15-19H2,(H,30,32). The van der Waals surface area contributed by atoms with Gasteiger partial charge in [0, 0.05) is 10.6 Å². The number of nitrogens with zero attached hydrogens (tertiary/aromatic N) is 1. The molecule has 1 aliphatic heterocycles. The van der Waals surface area contributed by atoms with Crippen LogP contribution >= 0.6 is 19.5 Å². The number of benzene rings is 3. The molecule has 5 rings (SSSR count). The number of rotatable bonds is 8. The van der Waals surface area contributed by atoms with Gasteiger partial charge >= 0.3 is 144 Å². The van der Waals surface area contributed by atoms with Crippen LogP contribution in [0.25, 0.3) is 22.7 Å². The molecule has 0 aliphatic carbocycles. The van der Waals surface area contributed by atoms with Crippen LogP contribution in [-0.2, 0) is 26.4 Å². The van der Waals surface area contributed by atoms with Crippen LogP contribution in [0.3, 0.4) is 0 Å². The summed E-state index contributed by atoms with van der Waals surface area (Å²) in [7, 11) is -3.15. The van der Waals surface area contributed by atoms with Crippen LogP contribution in [0.15, 0.2) is 83.3 Å². The van der Waals surface area contributed by atoms with Gasteiger partial charge in [0.2, 0.25) is 0 Å². The molecule has 0 spiro atoms. The van der Waals surface area contributed by atoms with Gasteiger partial charge in [-0.05, 0) is 24.3 Å². The minimum absolute atomic E-state index is 0.139. The summed E-state index contributed by atoms with van der Waals surface area (Å²) < 4.78 is 17.1. The summed E-state index contributed by atoms with van der Waals surface area (Å²) in [5.41, 5.74) is 4.01. The molecular weight excluding hydrogens is 511 g/mol. The van der Waals surface area contributed by atoms with Gasteiger partial charge in [-0.2, -0.15) is 0 Å². The van der Waals surface area contributed by atoms with Gasteiger partial charge in [0.05, 0.1) is 0 Å². The van der Waals surface area contributed by atoms with Crippen molar-refractivity contribution < 1.29 is 23.2 Å². The Morgan fingerprint density at radius 2 is 1.65 bits per heavy atom. The van der Waals surface area contributed by atoms with Crippen molar-refractivity contribution >= 4 is 31.1 Å². The van der Waals surface area contributed by atoms with Crippen molar-refractivity contribution in [1.29, 1.82) is 0 Å². The molecule has 37 heavy (non-hydrogen) atoms. The molecule has 0 unspecified atom stereocenters. The van der Waals surface area contributed by atoms with Crippen molar-refractivity contribution in [1.82, 2.24) is 4.98 Å². The number of halogens is 1. The second-order valence-electron chi connectivity index (χ2n) is 8.85. The first-order valence-electron chi connectivity index (χ1n) is 12.2. The molecule has 1 amide bonds. The van der Waals surface area contributed by atoms with Gasteiger partial charge in [0.25, 0.3) is 0 Å². The summed E-state index contributed by atoms with van der Waals surface area (Å²) >= 11 is 6.07. The van der Waals surface area contributed by atoms with Crippen molar-refractivity contribution in [3.63, 3.8) is 0 Å².